The van der Waals surface area contributed by atoms with E-state index >= 15 is 0 Å². The maximum absolute atomic E-state index is 12.3. The minimum absolute atomic E-state index is 0.376. The van der Waals surface area contributed by atoms with Crippen LogP contribution in [0.4, 0.5) is 8.78 Å². The molecular formula is C11H15F2NS. The monoisotopic (exact) mass is 231 g/mol. The molecule has 0 unspecified atom stereocenters. The standard InChI is InChI=1S/C11H15F2NS/c1-11(2,14)7-8-5-3-4-6-9(8)15-10(12)13/h3-6,10H,7,14H2,1-2H3. The van der Waals surface area contributed by atoms with Crippen LogP contribution in [0.1, 0.15) is 19.4 Å². The minimum Gasteiger partial charge on any atom is -0.325 e. The Morgan fingerprint density at radius 1 is 1.33 bits per heavy atom. The highest BCUT2D eigenvalue weighted by Crippen LogP contribution is 2.29. The van der Waals surface area contributed by atoms with E-state index in [-0.39, 0.29) is 5.54 Å². The quantitative estimate of drug-likeness (QED) is 0.805. The zero-order chi connectivity index (χ0) is 11.5. The van der Waals surface area contributed by atoms with Crippen molar-refractivity contribution in [3.63, 3.8) is 0 Å². The van der Waals surface area contributed by atoms with Gasteiger partial charge in [0.05, 0.1) is 0 Å². The topological polar surface area (TPSA) is 26.0 Å². The number of hydrogen-bond acceptors (Lipinski definition) is 2. The first-order valence-corrected chi connectivity index (χ1v) is 5.58. The second-order valence-corrected chi connectivity index (χ2v) is 5.18. The lowest BCUT2D eigenvalue weighted by Crippen LogP contribution is -2.34. The zero-order valence-corrected chi connectivity index (χ0v) is 9.65. The van der Waals surface area contributed by atoms with Gasteiger partial charge in [0.1, 0.15) is 0 Å². The van der Waals surface area contributed by atoms with Gasteiger partial charge >= 0.3 is 0 Å². The molecular weight excluding hydrogens is 216 g/mol. The average molecular weight is 231 g/mol. The van der Waals surface area contributed by atoms with Gasteiger partial charge in [-0.15, -0.1) is 0 Å². The van der Waals surface area contributed by atoms with Crippen molar-refractivity contribution in [2.24, 2.45) is 5.73 Å². The summed E-state index contributed by atoms with van der Waals surface area (Å²) < 4.78 is 24.5. The molecule has 0 aliphatic heterocycles. The molecule has 0 heterocycles. The second kappa shape index (κ2) is 4.94. The maximum Gasteiger partial charge on any atom is 0.288 e. The Morgan fingerprint density at radius 3 is 2.47 bits per heavy atom. The summed E-state index contributed by atoms with van der Waals surface area (Å²) >= 11 is 0.577. The van der Waals surface area contributed by atoms with Crippen LogP contribution in [0.15, 0.2) is 29.2 Å². The summed E-state index contributed by atoms with van der Waals surface area (Å²) in [4.78, 5) is 0.617. The summed E-state index contributed by atoms with van der Waals surface area (Å²) in [7, 11) is 0. The lowest BCUT2D eigenvalue weighted by molar-refractivity contribution is 0.252. The summed E-state index contributed by atoms with van der Waals surface area (Å²) in [6.07, 6.45) is 0.600. The first-order valence-electron chi connectivity index (χ1n) is 4.70. The molecule has 0 fully saturated rings. The molecule has 1 nitrogen and oxygen atoms in total. The first kappa shape index (κ1) is 12.5. The van der Waals surface area contributed by atoms with Crippen molar-refractivity contribution in [1.29, 1.82) is 0 Å². The Balaban J connectivity index is 2.86. The molecule has 1 aromatic carbocycles. The van der Waals surface area contributed by atoms with Gasteiger partial charge in [-0.3, -0.25) is 0 Å². The van der Waals surface area contributed by atoms with Gasteiger partial charge in [0.15, 0.2) is 0 Å². The van der Waals surface area contributed by atoms with Gasteiger partial charge in [-0.05, 0) is 31.9 Å². The van der Waals surface area contributed by atoms with Gasteiger partial charge in [-0.25, -0.2) is 0 Å². The van der Waals surface area contributed by atoms with Gasteiger partial charge < -0.3 is 5.73 Å². The fourth-order valence-electron chi connectivity index (χ4n) is 1.35. The molecule has 0 amide bonds. The molecule has 0 spiro atoms. The molecule has 0 aliphatic carbocycles. The largest absolute Gasteiger partial charge is 0.325 e. The summed E-state index contributed by atoms with van der Waals surface area (Å²) in [5.74, 6) is -2.38. The number of nitrogens with two attached hydrogens (primary N) is 1. The van der Waals surface area contributed by atoms with Crippen molar-refractivity contribution >= 4 is 11.8 Å². The zero-order valence-electron chi connectivity index (χ0n) is 8.84. The third kappa shape index (κ3) is 4.62. The normalized spacial score (nSPS) is 12.1. The first-order chi connectivity index (χ1) is 6.88. The van der Waals surface area contributed by atoms with Crippen molar-refractivity contribution < 1.29 is 8.78 Å². The number of benzene rings is 1. The third-order valence-corrected chi connectivity index (χ3v) is 2.67. The minimum atomic E-state index is -2.38. The van der Waals surface area contributed by atoms with Crippen molar-refractivity contribution in [3.8, 4) is 0 Å². The lowest BCUT2D eigenvalue weighted by atomic mass is 9.96. The van der Waals surface area contributed by atoms with Crippen molar-refractivity contribution in [1.82, 2.24) is 0 Å². The van der Waals surface area contributed by atoms with Crippen LogP contribution in [0, 0.1) is 0 Å². The van der Waals surface area contributed by atoms with Crippen LogP contribution in [0.3, 0.4) is 0 Å². The van der Waals surface area contributed by atoms with Gasteiger partial charge in [-0.2, -0.15) is 8.78 Å². The van der Waals surface area contributed by atoms with E-state index in [0.29, 0.717) is 23.1 Å². The maximum atomic E-state index is 12.3. The molecule has 0 saturated carbocycles. The molecule has 0 bridgehead atoms. The molecule has 0 aromatic heterocycles. The number of rotatable bonds is 4. The molecule has 1 rings (SSSR count). The molecule has 15 heavy (non-hydrogen) atoms. The Labute approximate surface area is 93.1 Å². The van der Waals surface area contributed by atoms with E-state index in [1.54, 1.807) is 12.1 Å². The summed E-state index contributed by atoms with van der Waals surface area (Å²) in [5.41, 5.74) is 6.38. The van der Waals surface area contributed by atoms with Crippen molar-refractivity contribution in [3.05, 3.63) is 29.8 Å². The molecule has 0 aliphatic rings. The fraction of sp³-hybridized carbons (Fsp3) is 0.455. The predicted octanol–water partition coefficient (Wildman–Crippen LogP) is 3.28. The molecule has 84 valence electrons. The number of alkyl halides is 2. The van der Waals surface area contributed by atoms with Crippen LogP contribution >= 0.6 is 11.8 Å². The third-order valence-electron chi connectivity index (χ3n) is 1.83. The number of hydrogen-bond donors (Lipinski definition) is 1. The average Bonchev–Trinajstić information content (AvgIpc) is 2.05. The Hall–Kier alpha value is -0.610. The highest BCUT2D eigenvalue weighted by Gasteiger charge is 2.16. The fourth-order valence-corrected chi connectivity index (χ4v) is 1.99. The highest BCUT2D eigenvalue weighted by molar-refractivity contribution is 7.99. The van der Waals surface area contributed by atoms with Crippen LogP contribution in [-0.2, 0) is 6.42 Å². The SMILES string of the molecule is CC(C)(N)Cc1ccccc1SC(F)F. The summed E-state index contributed by atoms with van der Waals surface area (Å²) in [6.45, 7) is 3.77. The van der Waals surface area contributed by atoms with Crippen LogP contribution < -0.4 is 5.73 Å². The molecule has 2 N–H and O–H groups in total. The number of halogens is 2. The van der Waals surface area contributed by atoms with Gasteiger partial charge in [0.2, 0.25) is 0 Å². The van der Waals surface area contributed by atoms with Crippen LogP contribution in [0.2, 0.25) is 0 Å². The molecule has 0 radical (unpaired) electrons. The second-order valence-electron chi connectivity index (χ2n) is 4.15. The van der Waals surface area contributed by atoms with Gasteiger partial charge in [0.25, 0.3) is 5.76 Å². The van der Waals surface area contributed by atoms with Gasteiger partial charge in [-0.1, -0.05) is 30.0 Å². The van der Waals surface area contributed by atoms with E-state index in [1.807, 2.05) is 26.0 Å². The predicted molar refractivity (Wildman–Crippen MR) is 60.3 cm³/mol. The molecule has 0 saturated heterocycles. The van der Waals surface area contributed by atoms with Crippen molar-refractivity contribution in [2.75, 3.05) is 0 Å². The molecule has 0 atom stereocenters. The molecule has 4 heteroatoms. The van der Waals surface area contributed by atoms with E-state index in [0.717, 1.165) is 5.56 Å². The van der Waals surface area contributed by atoms with E-state index in [4.69, 9.17) is 5.73 Å². The highest BCUT2D eigenvalue weighted by atomic mass is 32.2. The van der Waals surface area contributed by atoms with Crippen LogP contribution in [-0.4, -0.2) is 11.3 Å². The van der Waals surface area contributed by atoms with E-state index in [2.05, 4.69) is 0 Å². The van der Waals surface area contributed by atoms with Gasteiger partial charge in [0, 0.05) is 10.4 Å². The van der Waals surface area contributed by atoms with E-state index in [9.17, 15) is 8.78 Å². The van der Waals surface area contributed by atoms with Crippen LogP contribution in [0.25, 0.3) is 0 Å². The number of thioether (sulfide) groups is 1. The lowest BCUT2D eigenvalue weighted by Gasteiger charge is -2.20. The molecule has 1 aromatic rings. The summed E-state index contributed by atoms with van der Waals surface area (Å²) in [5, 5.41) is 0. The van der Waals surface area contributed by atoms with Crippen molar-refractivity contribution in [2.45, 2.75) is 36.5 Å². The van der Waals surface area contributed by atoms with E-state index in [1.165, 1.54) is 0 Å². The summed E-state index contributed by atoms with van der Waals surface area (Å²) in [6, 6.07) is 7.16. The smallest absolute Gasteiger partial charge is 0.288 e. The Morgan fingerprint density at radius 2 is 1.93 bits per heavy atom. The van der Waals surface area contributed by atoms with Crippen LogP contribution in [0.5, 0.6) is 0 Å². The Kier molecular flexibility index (Phi) is 4.11. The Bertz CT molecular complexity index is 321. The van der Waals surface area contributed by atoms with E-state index < -0.39 is 5.76 Å².